The second-order valence-electron chi connectivity index (χ2n) is 5.67. The molecular formula is C18H31NO2. The molecule has 0 fully saturated rings. The Balaban J connectivity index is 2.10. The van der Waals surface area contributed by atoms with Crippen LogP contribution in [0.4, 0.5) is 0 Å². The number of nitrogens with one attached hydrogen (secondary N) is 1. The van der Waals surface area contributed by atoms with Crippen molar-refractivity contribution in [1.29, 1.82) is 0 Å². The number of carbonyl (C=O) groups is 1. The fraction of sp³-hybridized carbons (Fsp3) is 0.722. The van der Waals surface area contributed by atoms with Crippen molar-refractivity contribution in [3.63, 3.8) is 0 Å². The van der Waals surface area contributed by atoms with Crippen LogP contribution in [0.5, 0.6) is 0 Å². The Morgan fingerprint density at radius 2 is 1.62 bits per heavy atom. The molecule has 0 saturated carbocycles. The topological polar surface area (TPSA) is 42.1 Å². The van der Waals surface area contributed by atoms with E-state index in [9.17, 15) is 4.79 Å². The summed E-state index contributed by atoms with van der Waals surface area (Å²) in [5.41, 5.74) is 1.73. The Morgan fingerprint density at radius 3 is 2.24 bits per heavy atom. The summed E-state index contributed by atoms with van der Waals surface area (Å²) in [6, 6.07) is 1.82. The molecule has 21 heavy (non-hydrogen) atoms. The molecule has 1 N–H and O–H groups in total. The molecule has 3 nitrogen and oxygen atoms in total. The summed E-state index contributed by atoms with van der Waals surface area (Å²) in [7, 11) is 0. The van der Waals surface area contributed by atoms with E-state index in [2.05, 4.69) is 11.9 Å². The van der Waals surface area contributed by atoms with Gasteiger partial charge in [-0.05, 0) is 25.8 Å². The first-order valence-corrected chi connectivity index (χ1v) is 8.63. The predicted molar refractivity (Wildman–Crippen MR) is 87.7 cm³/mol. The largest absolute Gasteiger partial charge is 0.462 e. The van der Waals surface area contributed by atoms with Crippen molar-refractivity contribution >= 4 is 5.97 Å². The van der Waals surface area contributed by atoms with Crippen LogP contribution in [0.25, 0.3) is 0 Å². The van der Waals surface area contributed by atoms with E-state index in [4.69, 9.17) is 4.74 Å². The van der Waals surface area contributed by atoms with Gasteiger partial charge in [0.2, 0.25) is 0 Å². The Bertz CT molecular complexity index is 384. The lowest BCUT2D eigenvalue weighted by molar-refractivity contribution is 0.0525. The van der Waals surface area contributed by atoms with Gasteiger partial charge in [-0.1, -0.05) is 58.3 Å². The highest BCUT2D eigenvalue weighted by Crippen LogP contribution is 2.14. The quantitative estimate of drug-likeness (QED) is 0.421. The molecule has 0 bridgehead atoms. The van der Waals surface area contributed by atoms with Crippen LogP contribution in [0, 0.1) is 0 Å². The fourth-order valence-corrected chi connectivity index (χ4v) is 2.62. The predicted octanol–water partition coefficient (Wildman–Crippen LogP) is 5.26. The van der Waals surface area contributed by atoms with Gasteiger partial charge in [-0.3, -0.25) is 0 Å². The van der Waals surface area contributed by atoms with Crippen molar-refractivity contribution < 1.29 is 9.53 Å². The number of aryl methyl sites for hydroxylation is 1. The molecule has 120 valence electrons. The van der Waals surface area contributed by atoms with Crippen LogP contribution < -0.4 is 0 Å². The zero-order valence-corrected chi connectivity index (χ0v) is 13.7. The Hall–Kier alpha value is -1.25. The number of esters is 1. The first-order chi connectivity index (χ1) is 10.3. The van der Waals surface area contributed by atoms with E-state index in [-0.39, 0.29) is 5.97 Å². The highest BCUT2D eigenvalue weighted by molar-refractivity contribution is 5.90. The highest BCUT2D eigenvalue weighted by atomic mass is 16.5. The molecule has 0 aromatic carbocycles. The summed E-state index contributed by atoms with van der Waals surface area (Å²) in [6.45, 7) is 4.53. The summed E-state index contributed by atoms with van der Waals surface area (Å²) < 4.78 is 5.06. The van der Waals surface area contributed by atoms with Crippen LogP contribution in [0.1, 0.15) is 87.7 Å². The van der Waals surface area contributed by atoms with Crippen LogP contribution in [-0.4, -0.2) is 17.6 Å². The maximum Gasteiger partial charge on any atom is 0.339 e. The van der Waals surface area contributed by atoms with Gasteiger partial charge >= 0.3 is 5.97 Å². The molecule has 3 heteroatoms. The Kier molecular flexibility index (Phi) is 9.68. The van der Waals surface area contributed by atoms with Crippen molar-refractivity contribution in [3.05, 3.63) is 23.5 Å². The second-order valence-corrected chi connectivity index (χ2v) is 5.67. The lowest BCUT2D eigenvalue weighted by Gasteiger charge is -2.04. The van der Waals surface area contributed by atoms with Crippen LogP contribution in [0.3, 0.4) is 0 Å². The second kappa shape index (κ2) is 11.4. The van der Waals surface area contributed by atoms with Gasteiger partial charge in [-0.2, -0.15) is 0 Å². The zero-order chi connectivity index (χ0) is 15.3. The maximum absolute atomic E-state index is 11.7. The molecule has 0 aliphatic carbocycles. The molecule has 1 rings (SSSR count). The van der Waals surface area contributed by atoms with Crippen LogP contribution in [0.15, 0.2) is 12.3 Å². The van der Waals surface area contributed by atoms with E-state index in [1.54, 1.807) is 0 Å². The molecule has 0 atom stereocenters. The summed E-state index contributed by atoms with van der Waals surface area (Å²) in [5, 5.41) is 0. The number of carbonyl (C=O) groups excluding carboxylic acids is 1. The number of aromatic nitrogens is 1. The lowest BCUT2D eigenvalue weighted by Crippen LogP contribution is -2.06. The fourth-order valence-electron chi connectivity index (χ4n) is 2.62. The van der Waals surface area contributed by atoms with E-state index in [0.717, 1.165) is 18.5 Å². The van der Waals surface area contributed by atoms with Crippen molar-refractivity contribution in [3.8, 4) is 0 Å². The number of hydrogen-bond acceptors (Lipinski definition) is 2. The first-order valence-electron chi connectivity index (χ1n) is 8.63. The lowest BCUT2D eigenvalue weighted by atomic mass is 10.0. The molecular weight excluding hydrogens is 262 g/mol. The average Bonchev–Trinajstić information content (AvgIpc) is 2.94. The Labute approximate surface area is 129 Å². The Morgan fingerprint density at radius 1 is 1.00 bits per heavy atom. The van der Waals surface area contributed by atoms with Crippen molar-refractivity contribution in [2.45, 2.75) is 78.1 Å². The molecule has 1 heterocycles. The van der Waals surface area contributed by atoms with Crippen LogP contribution >= 0.6 is 0 Å². The van der Waals surface area contributed by atoms with Gasteiger partial charge in [0.25, 0.3) is 0 Å². The molecule has 0 unspecified atom stereocenters. The van der Waals surface area contributed by atoms with Gasteiger partial charge in [0, 0.05) is 11.9 Å². The van der Waals surface area contributed by atoms with Crippen molar-refractivity contribution in [1.82, 2.24) is 4.98 Å². The number of hydrogen-bond donors (Lipinski definition) is 1. The van der Waals surface area contributed by atoms with E-state index in [1.165, 1.54) is 51.4 Å². The molecule has 0 spiro atoms. The van der Waals surface area contributed by atoms with Gasteiger partial charge in [-0.25, -0.2) is 4.79 Å². The van der Waals surface area contributed by atoms with Gasteiger partial charge in [0.05, 0.1) is 12.2 Å². The molecule has 0 saturated heterocycles. The van der Waals surface area contributed by atoms with Gasteiger partial charge < -0.3 is 9.72 Å². The van der Waals surface area contributed by atoms with Gasteiger partial charge in [0.1, 0.15) is 0 Å². The summed E-state index contributed by atoms with van der Waals surface area (Å²) in [4.78, 5) is 14.9. The molecule has 0 aliphatic heterocycles. The maximum atomic E-state index is 11.7. The molecule has 0 radical (unpaired) electrons. The van der Waals surface area contributed by atoms with E-state index >= 15 is 0 Å². The smallest absolute Gasteiger partial charge is 0.339 e. The SMILES string of the molecule is CCCCCCCCCCCc1[nH]ccc1C(=O)OCC. The highest BCUT2D eigenvalue weighted by Gasteiger charge is 2.12. The minimum Gasteiger partial charge on any atom is -0.462 e. The number of aromatic amines is 1. The third kappa shape index (κ3) is 7.35. The van der Waals surface area contributed by atoms with Crippen LogP contribution in [0.2, 0.25) is 0 Å². The molecule has 0 aliphatic rings. The summed E-state index contributed by atoms with van der Waals surface area (Å²) in [6.07, 6.45) is 14.7. The third-order valence-corrected chi connectivity index (χ3v) is 3.86. The van der Waals surface area contributed by atoms with Crippen molar-refractivity contribution in [2.24, 2.45) is 0 Å². The van der Waals surface area contributed by atoms with E-state index in [0.29, 0.717) is 12.2 Å². The van der Waals surface area contributed by atoms with Crippen LogP contribution in [-0.2, 0) is 11.2 Å². The number of H-pyrrole nitrogens is 1. The van der Waals surface area contributed by atoms with Gasteiger partial charge in [0.15, 0.2) is 0 Å². The first kappa shape index (κ1) is 17.8. The summed E-state index contributed by atoms with van der Waals surface area (Å²) in [5.74, 6) is -0.204. The minimum atomic E-state index is -0.204. The third-order valence-electron chi connectivity index (χ3n) is 3.86. The number of ether oxygens (including phenoxy) is 1. The zero-order valence-electron chi connectivity index (χ0n) is 13.7. The van der Waals surface area contributed by atoms with E-state index in [1.807, 2.05) is 19.2 Å². The van der Waals surface area contributed by atoms with Crippen molar-refractivity contribution in [2.75, 3.05) is 6.61 Å². The van der Waals surface area contributed by atoms with Gasteiger partial charge in [-0.15, -0.1) is 0 Å². The molecule has 1 aromatic rings. The van der Waals surface area contributed by atoms with E-state index < -0.39 is 0 Å². The average molecular weight is 293 g/mol. The molecule has 1 aromatic heterocycles. The number of unbranched alkanes of at least 4 members (excludes halogenated alkanes) is 8. The normalized spacial score (nSPS) is 10.8. The standard InChI is InChI=1S/C18H31NO2/c1-3-5-6-7-8-9-10-11-12-13-17-16(14-15-19-17)18(20)21-4-2/h14-15,19H,3-13H2,1-2H3. The number of rotatable bonds is 12. The summed E-state index contributed by atoms with van der Waals surface area (Å²) >= 11 is 0. The minimum absolute atomic E-state index is 0.204. The molecule has 0 amide bonds. The monoisotopic (exact) mass is 293 g/mol.